The predicted molar refractivity (Wildman–Crippen MR) is 111 cm³/mol. The van der Waals surface area contributed by atoms with E-state index in [9.17, 15) is 12.8 Å². The zero-order valence-corrected chi connectivity index (χ0v) is 18.1. The second kappa shape index (κ2) is 9.79. The number of hydrogen-bond donors (Lipinski definition) is 4. The molecular weight excluding hydrogens is 427 g/mol. The van der Waals surface area contributed by atoms with Gasteiger partial charge in [0.1, 0.15) is 17.0 Å². The van der Waals surface area contributed by atoms with Crippen LogP contribution in [0, 0.1) is 11.7 Å². The van der Waals surface area contributed by atoms with Crippen LogP contribution >= 0.6 is 23.1 Å². The summed E-state index contributed by atoms with van der Waals surface area (Å²) in [4.78, 5) is 3.16. The fourth-order valence-electron chi connectivity index (χ4n) is 2.33. The topological polar surface area (TPSA) is 122 Å². The third-order valence-corrected chi connectivity index (χ3v) is 6.36. The van der Waals surface area contributed by atoms with Gasteiger partial charge in [0.25, 0.3) is 10.0 Å². The number of nitrogens with two attached hydrogens (primary N) is 1. The van der Waals surface area contributed by atoms with Crippen molar-refractivity contribution in [3.63, 3.8) is 0 Å². The fraction of sp³-hybridized carbons (Fsp3) is 0.500. The molecule has 12 heteroatoms. The van der Waals surface area contributed by atoms with Crippen molar-refractivity contribution in [2.45, 2.75) is 37.8 Å². The maximum Gasteiger partial charge on any atom is 0.266 e. The van der Waals surface area contributed by atoms with Crippen LogP contribution in [0.2, 0.25) is 5.02 Å². The minimum Gasteiger partial charge on any atom is -0.383 e. The highest BCUT2D eigenvalue weighted by Gasteiger charge is 2.23. The number of anilines is 2. The van der Waals surface area contributed by atoms with E-state index in [2.05, 4.69) is 24.7 Å². The van der Waals surface area contributed by atoms with Gasteiger partial charge in [-0.3, -0.25) is 4.72 Å². The van der Waals surface area contributed by atoms with Crippen molar-refractivity contribution in [3.8, 4) is 0 Å². The molecule has 0 fully saturated rings. The standard InChI is InChI=1S/C16H24ClFN6O2S2/c1-9(2)20-6-11(10(3)19)7-21-14-5-13(18)15(4-12(14)17)28(25,26)24-16-22-8-23-27-16/h4-5,8-11,20-21H,6-7,19H2,1-3H3,(H,22,23,24)/t10-,11?/m1/s1. The molecule has 5 N–H and O–H groups in total. The molecule has 1 aromatic carbocycles. The first-order valence-electron chi connectivity index (χ1n) is 8.61. The summed E-state index contributed by atoms with van der Waals surface area (Å²) in [6.45, 7) is 7.09. The molecule has 28 heavy (non-hydrogen) atoms. The summed E-state index contributed by atoms with van der Waals surface area (Å²) in [6.07, 6.45) is 1.20. The first-order valence-corrected chi connectivity index (χ1v) is 11.2. The highest BCUT2D eigenvalue weighted by Crippen LogP contribution is 2.29. The molecule has 2 rings (SSSR count). The van der Waals surface area contributed by atoms with Crippen LogP contribution in [0.5, 0.6) is 0 Å². The Hall–Kier alpha value is -1.53. The van der Waals surface area contributed by atoms with Crippen molar-refractivity contribution < 1.29 is 12.8 Å². The molecule has 0 aliphatic carbocycles. The molecule has 0 amide bonds. The summed E-state index contributed by atoms with van der Waals surface area (Å²) < 4.78 is 45.1. The van der Waals surface area contributed by atoms with Gasteiger partial charge < -0.3 is 16.4 Å². The molecule has 0 spiro atoms. The predicted octanol–water partition coefficient (Wildman–Crippen LogP) is 2.50. The van der Waals surface area contributed by atoms with Crippen LogP contribution in [0.25, 0.3) is 0 Å². The molecule has 0 bridgehead atoms. The van der Waals surface area contributed by atoms with Crippen LogP contribution in [-0.4, -0.2) is 42.9 Å². The maximum atomic E-state index is 14.5. The number of hydrogen-bond acceptors (Lipinski definition) is 8. The number of sulfonamides is 1. The molecule has 0 saturated heterocycles. The van der Waals surface area contributed by atoms with Gasteiger partial charge in [0.15, 0.2) is 0 Å². The van der Waals surface area contributed by atoms with E-state index >= 15 is 0 Å². The van der Waals surface area contributed by atoms with Gasteiger partial charge in [-0.1, -0.05) is 25.4 Å². The zero-order valence-electron chi connectivity index (χ0n) is 15.7. The van der Waals surface area contributed by atoms with E-state index in [1.807, 2.05) is 20.8 Å². The third kappa shape index (κ3) is 6.24. The molecular formula is C16H24ClFN6O2S2. The number of aromatic nitrogens is 2. The Balaban J connectivity index is 2.14. The van der Waals surface area contributed by atoms with Gasteiger partial charge in [0.05, 0.1) is 10.7 Å². The van der Waals surface area contributed by atoms with Crippen molar-refractivity contribution >= 4 is 44.0 Å². The summed E-state index contributed by atoms with van der Waals surface area (Å²) in [5, 5.41) is 6.49. The lowest BCUT2D eigenvalue weighted by Crippen LogP contribution is -2.41. The average Bonchev–Trinajstić information content (AvgIpc) is 3.08. The largest absolute Gasteiger partial charge is 0.383 e. The van der Waals surface area contributed by atoms with E-state index in [1.165, 1.54) is 6.33 Å². The lowest BCUT2D eigenvalue weighted by molar-refractivity contribution is 0.412. The Morgan fingerprint density at radius 3 is 2.57 bits per heavy atom. The second-order valence-electron chi connectivity index (χ2n) is 6.68. The quantitative estimate of drug-likeness (QED) is 0.438. The van der Waals surface area contributed by atoms with Gasteiger partial charge in [-0.15, -0.1) is 0 Å². The van der Waals surface area contributed by atoms with E-state index in [4.69, 9.17) is 17.3 Å². The van der Waals surface area contributed by atoms with Crippen LogP contribution in [-0.2, 0) is 10.0 Å². The van der Waals surface area contributed by atoms with Gasteiger partial charge in [0.2, 0.25) is 5.13 Å². The Morgan fingerprint density at radius 2 is 2.00 bits per heavy atom. The Bertz CT molecular complexity index is 878. The first-order chi connectivity index (χ1) is 13.1. The zero-order chi connectivity index (χ0) is 20.9. The summed E-state index contributed by atoms with van der Waals surface area (Å²) in [7, 11) is -4.18. The molecule has 8 nitrogen and oxygen atoms in total. The van der Waals surface area contributed by atoms with E-state index in [0.717, 1.165) is 23.7 Å². The van der Waals surface area contributed by atoms with Gasteiger partial charge in [-0.2, -0.15) is 4.37 Å². The molecule has 2 atom stereocenters. The molecule has 0 aliphatic rings. The molecule has 1 aromatic heterocycles. The van der Waals surface area contributed by atoms with Crippen molar-refractivity contribution in [2.24, 2.45) is 11.7 Å². The van der Waals surface area contributed by atoms with Gasteiger partial charge >= 0.3 is 0 Å². The highest BCUT2D eigenvalue weighted by atomic mass is 35.5. The van der Waals surface area contributed by atoms with E-state index < -0.39 is 20.7 Å². The Labute approximate surface area is 173 Å². The summed E-state index contributed by atoms with van der Waals surface area (Å²) >= 11 is 7.03. The van der Waals surface area contributed by atoms with Crippen molar-refractivity contribution in [2.75, 3.05) is 23.1 Å². The molecule has 2 aromatic rings. The van der Waals surface area contributed by atoms with Crippen LogP contribution in [0.3, 0.4) is 0 Å². The van der Waals surface area contributed by atoms with Crippen molar-refractivity contribution in [1.29, 1.82) is 0 Å². The minimum absolute atomic E-state index is 0.0372. The monoisotopic (exact) mass is 450 g/mol. The average molecular weight is 451 g/mol. The number of nitrogens with one attached hydrogen (secondary N) is 3. The third-order valence-electron chi connectivity index (χ3n) is 3.98. The molecule has 0 saturated carbocycles. The van der Waals surface area contributed by atoms with Gasteiger partial charge in [0, 0.05) is 42.6 Å². The van der Waals surface area contributed by atoms with Crippen LogP contribution in [0.4, 0.5) is 15.2 Å². The number of benzene rings is 1. The molecule has 1 heterocycles. The minimum atomic E-state index is -4.18. The fourth-order valence-corrected chi connectivity index (χ4v) is 4.37. The Morgan fingerprint density at radius 1 is 1.29 bits per heavy atom. The van der Waals surface area contributed by atoms with Crippen molar-refractivity contribution in [1.82, 2.24) is 14.7 Å². The lowest BCUT2D eigenvalue weighted by atomic mass is 10.0. The summed E-state index contributed by atoms with van der Waals surface area (Å²) in [5.41, 5.74) is 6.31. The molecule has 1 unspecified atom stereocenters. The maximum absolute atomic E-state index is 14.5. The number of nitrogens with zero attached hydrogens (tertiary/aromatic N) is 2. The summed E-state index contributed by atoms with van der Waals surface area (Å²) in [6, 6.07) is 2.34. The highest BCUT2D eigenvalue weighted by molar-refractivity contribution is 7.93. The van der Waals surface area contributed by atoms with Crippen LogP contribution in [0.1, 0.15) is 20.8 Å². The number of rotatable bonds is 10. The van der Waals surface area contributed by atoms with E-state index in [1.54, 1.807) is 0 Å². The summed E-state index contributed by atoms with van der Waals surface area (Å²) in [5.74, 6) is -0.856. The lowest BCUT2D eigenvalue weighted by Gasteiger charge is -2.24. The van der Waals surface area contributed by atoms with E-state index in [-0.39, 0.29) is 22.1 Å². The van der Waals surface area contributed by atoms with Crippen molar-refractivity contribution in [3.05, 3.63) is 29.3 Å². The first kappa shape index (κ1) is 22.8. The molecule has 156 valence electrons. The normalized spacial score (nSPS) is 14.1. The van der Waals surface area contributed by atoms with Gasteiger partial charge in [-0.25, -0.2) is 17.8 Å². The SMILES string of the molecule is CC(C)NCC(CNc1cc(F)c(S(=O)(=O)Nc2ncns2)cc1Cl)[C@@H](C)N. The second-order valence-corrected chi connectivity index (χ2v) is 9.52. The number of halogens is 2. The molecule has 0 radical (unpaired) electrons. The smallest absolute Gasteiger partial charge is 0.266 e. The van der Waals surface area contributed by atoms with E-state index in [0.29, 0.717) is 24.8 Å². The molecule has 0 aliphatic heterocycles. The Kier molecular flexibility index (Phi) is 7.96. The van der Waals surface area contributed by atoms with Crippen LogP contribution < -0.4 is 21.1 Å². The van der Waals surface area contributed by atoms with Crippen LogP contribution in [0.15, 0.2) is 23.4 Å². The van der Waals surface area contributed by atoms with Gasteiger partial charge in [-0.05, 0) is 19.1 Å².